The Morgan fingerprint density at radius 3 is 2.07 bits per heavy atom. The zero-order valence-electron chi connectivity index (χ0n) is 14.8. The number of aryl methyl sites for hydroxylation is 1. The van der Waals surface area contributed by atoms with Crippen molar-refractivity contribution in [3.8, 4) is 11.3 Å². The van der Waals surface area contributed by atoms with Gasteiger partial charge in [0.05, 0.1) is 16.8 Å². The van der Waals surface area contributed by atoms with Crippen molar-refractivity contribution in [2.24, 2.45) is 7.05 Å². The topological polar surface area (TPSA) is 68.1 Å². The van der Waals surface area contributed by atoms with Crippen LogP contribution in [-0.4, -0.2) is 26.6 Å². The van der Waals surface area contributed by atoms with Crippen molar-refractivity contribution in [1.29, 1.82) is 0 Å². The standard InChI is InChI=1S/C19H13F3N4O2/c1-10-15(11-7-8-14(23-9-11)19(20,21)22)25(2)24-16(10)26-17(27)12-5-3-4-6-13(12)18(26)28/h3-9H,1-2H3. The predicted octanol–water partition coefficient (Wildman–Crippen LogP) is 3.61. The van der Waals surface area contributed by atoms with Gasteiger partial charge >= 0.3 is 6.18 Å². The average Bonchev–Trinajstić information content (AvgIpc) is 3.08. The molecule has 2 amide bonds. The molecule has 0 aliphatic carbocycles. The molecule has 0 unspecified atom stereocenters. The van der Waals surface area contributed by atoms with E-state index in [0.717, 1.165) is 17.2 Å². The monoisotopic (exact) mass is 386 g/mol. The molecule has 1 aliphatic heterocycles. The number of anilines is 1. The SMILES string of the molecule is Cc1c(N2C(=O)c3ccccc3C2=O)nn(C)c1-c1ccc(C(F)(F)F)nc1. The summed E-state index contributed by atoms with van der Waals surface area (Å²) in [6, 6.07) is 8.62. The van der Waals surface area contributed by atoms with Crippen molar-refractivity contribution in [2.75, 3.05) is 4.90 Å². The summed E-state index contributed by atoms with van der Waals surface area (Å²) in [5.41, 5.74) is 0.914. The van der Waals surface area contributed by atoms with Gasteiger partial charge in [0.25, 0.3) is 11.8 Å². The summed E-state index contributed by atoms with van der Waals surface area (Å²) in [5.74, 6) is -0.832. The van der Waals surface area contributed by atoms with Crippen molar-refractivity contribution >= 4 is 17.6 Å². The molecule has 1 aliphatic rings. The number of pyridine rings is 1. The number of aromatic nitrogens is 3. The third-order valence-electron chi connectivity index (χ3n) is 4.59. The Labute approximate surface area is 157 Å². The molecule has 0 bridgehead atoms. The number of carbonyl (C=O) groups excluding carboxylic acids is 2. The molecule has 0 fully saturated rings. The molecule has 0 saturated heterocycles. The quantitative estimate of drug-likeness (QED) is 0.631. The maximum atomic E-state index is 12.7. The van der Waals surface area contributed by atoms with Crippen LogP contribution in [0.4, 0.5) is 19.0 Å². The minimum atomic E-state index is -4.54. The minimum Gasteiger partial charge on any atom is -0.268 e. The lowest BCUT2D eigenvalue weighted by molar-refractivity contribution is -0.141. The van der Waals surface area contributed by atoms with Gasteiger partial charge in [-0.1, -0.05) is 12.1 Å². The Bertz CT molecular complexity index is 1080. The largest absolute Gasteiger partial charge is 0.433 e. The van der Waals surface area contributed by atoms with Gasteiger partial charge in [-0.15, -0.1) is 0 Å². The van der Waals surface area contributed by atoms with E-state index < -0.39 is 23.7 Å². The fourth-order valence-corrected chi connectivity index (χ4v) is 3.31. The fourth-order valence-electron chi connectivity index (χ4n) is 3.31. The summed E-state index contributed by atoms with van der Waals surface area (Å²) >= 11 is 0. The molecule has 1 aromatic carbocycles. The van der Waals surface area contributed by atoms with Crippen molar-refractivity contribution in [2.45, 2.75) is 13.1 Å². The van der Waals surface area contributed by atoms with E-state index in [1.165, 1.54) is 10.7 Å². The maximum absolute atomic E-state index is 12.7. The van der Waals surface area contributed by atoms with Crippen LogP contribution in [0.25, 0.3) is 11.3 Å². The molecule has 0 radical (unpaired) electrons. The Hall–Kier alpha value is -3.49. The Balaban J connectivity index is 1.77. The average molecular weight is 386 g/mol. The number of hydrogen-bond donors (Lipinski definition) is 0. The van der Waals surface area contributed by atoms with Crippen LogP contribution in [0, 0.1) is 6.92 Å². The van der Waals surface area contributed by atoms with Crippen LogP contribution in [0.1, 0.15) is 32.0 Å². The number of fused-ring (bicyclic) bond motifs is 1. The van der Waals surface area contributed by atoms with Gasteiger partial charge in [-0.3, -0.25) is 19.3 Å². The van der Waals surface area contributed by atoms with Crippen LogP contribution >= 0.6 is 0 Å². The van der Waals surface area contributed by atoms with Crippen LogP contribution < -0.4 is 4.90 Å². The molecule has 0 N–H and O–H groups in total. The van der Waals surface area contributed by atoms with Gasteiger partial charge < -0.3 is 0 Å². The highest BCUT2D eigenvalue weighted by atomic mass is 19.4. The second-order valence-corrected chi connectivity index (χ2v) is 6.34. The lowest BCUT2D eigenvalue weighted by Gasteiger charge is -2.11. The van der Waals surface area contributed by atoms with Gasteiger partial charge in [0.2, 0.25) is 0 Å². The zero-order chi connectivity index (χ0) is 20.2. The zero-order valence-corrected chi connectivity index (χ0v) is 14.8. The second kappa shape index (κ2) is 6.01. The number of alkyl halides is 3. The van der Waals surface area contributed by atoms with Gasteiger partial charge in [-0.2, -0.15) is 18.3 Å². The molecule has 0 atom stereocenters. The third kappa shape index (κ3) is 2.58. The van der Waals surface area contributed by atoms with Crippen LogP contribution in [0.5, 0.6) is 0 Å². The molecule has 3 heterocycles. The van der Waals surface area contributed by atoms with E-state index in [9.17, 15) is 22.8 Å². The minimum absolute atomic E-state index is 0.142. The van der Waals surface area contributed by atoms with Crippen LogP contribution in [0.2, 0.25) is 0 Å². The molecular formula is C19H13F3N4O2. The summed E-state index contributed by atoms with van der Waals surface area (Å²) in [6.45, 7) is 1.65. The van der Waals surface area contributed by atoms with Crippen LogP contribution in [0.15, 0.2) is 42.6 Å². The smallest absolute Gasteiger partial charge is 0.268 e. The molecule has 28 heavy (non-hydrogen) atoms. The molecule has 2 aromatic heterocycles. The van der Waals surface area contributed by atoms with Crippen LogP contribution in [0.3, 0.4) is 0 Å². The number of hydrogen-bond acceptors (Lipinski definition) is 4. The molecule has 9 heteroatoms. The summed E-state index contributed by atoms with van der Waals surface area (Å²) in [6.07, 6.45) is -3.44. The molecular weight excluding hydrogens is 373 g/mol. The summed E-state index contributed by atoms with van der Waals surface area (Å²) in [5, 5.41) is 4.27. The Morgan fingerprint density at radius 1 is 0.964 bits per heavy atom. The maximum Gasteiger partial charge on any atom is 0.433 e. The number of benzene rings is 1. The van der Waals surface area contributed by atoms with E-state index in [1.807, 2.05) is 0 Å². The third-order valence-corrected chi connectivity index (χ3v) is 4.59. The van der Waals surface area contributed by atoms with Crippen LogP contribution in [-0.2, 0) is 13.2 Å². The molecule has 6 nitrogen and oxygen atoms in total. The van der Waals surface area contributed by atoms with E-state index in [1.54, 1.807) is 38.2 Å². The van der Waals surface area contributed by atoms with Gasteiger partial charge in [-0.05, 0) is 31.2 Å². The Morgan fingerprint density at radius 2 is 1.57 bits per heavy atom. The van der Waals surface area contributed by atoms with Crippen molar-refractivity contribution in [3.63, 3.8) is 0 Å². The highest BCUT2D eigenvalue weighted by Gasteiger charge is 2.39. The van der Waals surface area contributed by atoms with E-state index in [-0.39, 0.29) is 16.9 Å². The first-order valence-corrected chi connectivity index (χ1v) is 8.25. The summed E-state index contributed by atoms with van der Waals surface area (Å²) in [4.78, 5) is 29.8. The van der Waals surface area contributed by atoms with Crippen molar-refractivity contribution in [1.82, 2.24) is 14.8 Å². The van der Waals surface area contributed by atoms with Crippen molar-refractivity contribution in [3.05, 3.63) is 65.0 Å². The molecule has 0 spiro atoms. The predicted molar refractivity (Wildman–Crippen MR) is 93.8 cm³/mol. The molecule has 142 valence electrons. The lowest BCUT2D eigenvalue weighted by Crippen LogP contribution is -2.30. The number of carbonyl (C=O) groups is 2. The highest BCUT2D eigenvalue weighted by Crippen LogP contribution is 2.35. The first kappa shape index (κ1) is 17.9. The van der Waals surface area contributed by atoms with E-state index in [0.29, 0.717) is 16.8 Å². The number of halogens is 3. The molecule has 0 saturated carbocycles. The molecule has 3 aromatic rings. The summed E-state index contributed by atoms with van der Waals surface area (Å²) < 4.78 is 39.6. The van der Waals surface area contributed by atoms with Gasteiger partial charge in [0.1, 0.15) is 5.69 Å². The Kier molecular flexibility index (Phi) is 3.84. The van der Waals surface area contributed by atoms with E-state index in [4.69, 9.17) is 0 Å². The number of rotatable bonds is 2. The lowest BCUT2D eigenvalue weighted by atomic mass is 10.1. The first-order valence-electron chi connectivity index (χ1n) is 8.25. The summed E-state index contributed by atoms with van der Waals surface area (Å²) in [7, 11) is 1.58. The number of amides is 2. The number of imide groups is 1. The number of nitrogens with zero attached hydrogens (tertiary/aromatic N) is 4. The van der Waals surface area contributed by atoms with Gasteiger partial charge in [0, 0.05) is 24.4 Å². The first-order chi connectivity index (χ1) is 13.2. The second-order valence-electron chi connectivity index (χ2n) is 6.34. The normalized spacial score (nSPS) is 14.0. The fraction of sp³-hybridized carbons (Fsp3) is 0.158. The van der Waals surface area contributed by atoms with Crippen molar-refractivity contribution < 1.29 is 22.8 Å². The van der Waals surface area contributed by atoms with E-state index >= 15 is 0 Å². The van der Waals surface area contributed by atoms with Gasteiger partial charge in [0.15, 0.2) is 5.82 Å². The van der Waals surface area contributed by atoms with Gasteiger partial charge in [-0.25, -0.2) is 4.90 Å². The van der Waals surface area contributed by atoms with E-state index in [2.05, 4.69) is 10.1 Å². The highest BCUT2D eigenvalue weighted by molar-refractivity contribution is 6.34. The molecule has 4 rings (SSSR count).